The van der Waals surface area contributed by atoms with Crippen LogP contribution in [-0.4, -0.2) is 18.0 Å². The summed E-state index contributed by atoms with van der Waals surface area (Å²) in [7, 11) is 0. The Balaban J connectivity index is 1.32. The van der Waals surface area contributed by atoms with Crippen LogP contribution in [0.25, 0.3) is 6.08 Å². The average molecular weight is 441 g/mol. The van der Waals surface area contributed by atoms with Crippen LogP contribution < -0.4 is 10.6 Å². The highest BCUT2D eigenvalue weighted by Gasteiger charge is 2.22. The van der Waals surface area contributed by atoms with Crippen LogP contribution in [0.15, 0.2) is 96.8 Å². The predicted octanol–water partition coefficient (Wildman–Crippen LogP) is 6.29. The van der Waals surface area contributed by atoms with Crippen molar-refractivity contribution in [3.8, 4) is 0 Å². The molecule has 33 heavy (non-hydrogen) atoms. The van der Waals surface area contributed by atoms with E-state index in [1.165, 1.54) is 22.3 Å². The first-order valence-electron chi connectivity index (χ1n) is 11.8. The maximum Gasteiger partial charge on any atom is 0.220 e. The SMILES string of the molecule is C=C(CCCC(=O)NCCc1ccc(C)cc1)NC1(C)C=CC(/C=C/c2ccccc2)=CC1. The maximum absolute atomic E-state index is 12.1. The lowest BCUT2D eigenvalue weighted by Gasteiger charge is -2.31. The quantitative estimate of drug-likeness (QED) is 0.431. The first kappa shape index (κ1) is 24.3. The third kappa shape index (κ3) is 8.61. The second-order valence-corrected chi connectivity index (χ2v) is 9.07. The van der Waals surface area contributed by atoms with Gasteiger partial charge in [-0.3, -0.25) is 4.79 Å². The summed E-state index contributed by atoms with van der Waals surface area (Å²) >= 11 is 0. The Morgan fingerprint density at radius 1 is 1.06 bits per heavy atom. The van der Waals surface area contributed by atoms with Gasteiger partial charge in [0.15, 0.2) is 0 Å². The van der Waals surface area contributed by atoms with Crippen molar-refractivity contribution < 1.29 is 4.79 Å². The number of aryl methyl sites for hydroxylation is 1. The molecule has 1 atom stereocenters. The molecule has 0 bridgehead atoms. The number of carbonyl (C=O) groups is 1. The Hall–Kier alpha value is -3.33. The Morgan fingerprint density at radius 2 is 1.82 bits per heavy atom. The fraction of sp³-hybridized carbons (Fsp3) is 0.300. The van der Waals surface area contributed by atoms with E-state index in [1.807, 2.05) is 18.2 Å². The minimum atomic E-state index is -0.141. The highest BCUT2D eigenvalue weighted by Crippen LogP contribution is 2.23. The molecule has 1 aliphatic carbocycles. The van der Waals surface area contributed by atoms with E-state index in [0.29, 0.717) is 13.0 Å². The molecule has 0 radical (unpaired) electrons. The summed E-state index contributed by atoms with van der Waals surface area (Å²) in [5, 5.41) is 6.57. The number of amides is 1. The summed E-state index contributed by atoms with van der Waals surface area (Å²) in [6.45, 7) is 9.12. The zero-order valence-corrected chi connectivity index (χ0v) is 19.9. The number of rotatable bonds is 11. The van der Waals surface area contributed by atoms with E-state index in [1.54, 1.807) is 0 Å². The van der Waals surface area contributed by atoms with Gasteiger partial charge in [0.2, 0.25) is 5.91 Å². The highest BCUT2D eigenvalue weighted by atomic mass is 16.1. The van der Waals surface area contributed by atoms with Gasteiger partial charge in [-0.05, 0) is 56.2 Å². The smallest absolute Gasteiger partial charge is 0.220 e. The van der Waals surface area contributed by atoms with Crippen LogP contribution in [0.3, 0.4) is 0 Å². The van der Waals surface area contributed by atoms with Gasteiger partial charge in [0.05, 0.1) is 5.54 Å². The molecule has 0 heterocycles. The van der Waals surface area contributed by atoms with Crippen molar-refractivity contribution in [2.45, 2.75) is 51.5 Å². The monoisotopic (exact) mass is 440 g/mol. The van der Waals surface area contributed by atoms with Gasteiger partial charge in [0.25, 0.3) is 0 Å². The molecule has 0 fully saturated rings. The van der Waals surface area contributed by atoms with Crippen LogP contribution in [0.2, 0.25) is 0 Å². The number of nitrogens with one attached hydrogen (secondary N) is 2. The summed E-state index contributed by atoms with van der Waals surface area (Å²) in [5.41, 5.74) is 5.76. The molecule has 0 spiro atoms. The van der Waals surface area contributed by atoms with Crippen LogP contribution in [0.1, 0.15) is 49.3 Å². The molecule has 0 saturated heterocycles. The van der Waals surface area contributed by atoms with E-state index in [0.717, 1.165) is 31.4 Å². The number of hydrogen-bond donors (Lipinski definition) is 2. The fourth-order valence-corrected chi connectivity index (χ4v) is 3.84. The molecule has 1 aliphatic rings. The minimum absolute atomic E-state index is 0.108. The zero-order chi connectivity index (χ0) is 23.5. The molecule has 3 heteroatoms. The Morgan fingerprint density at radius 3 is 2.52 bits per heavy atom. The van der Waals surface area contributed by atoms with Gasteiger partial charge in [-0.15, -0.1) is 0 Å². The molecule has 172 valence electrons. The van der Waals surface area contributed by atoms with Crippen LogP contribution in [-0.2, 0) is 11.2 Å². The van der Waals surface area contributed by atoms with Crippen molar-refractivity contribution >= 4 is 12.0 Å². The van der Waals surface area contributed by atoms with Crippen molar-refractivity contribution in [2.24, 2.45) is 0 Å². The second-order valence-electron chi connectivity index (χ2n) is 9.07. The predicted molar refractivity (Wildman–Crippen MR) is 140 cm³/mol. The maximum atomic E-state index is 12.1. The van der Waals surface area contributed by atoms with Gasteiger partial charge in [0, 0.05) is 18.7 Å². The third-order valence-corrected chi connectivity index (χ3v) is 5.87. The number of allylic oxidation sites excluding steroid dienone is 4. The third-order valence-electron chi connectivity index (χ3n) is 5.87. The van der Waals surface area contributed by atoms with E-state index in [-0.39, 0.29) is 11.4 Å². The van der Waals surface area contributed by atoms with Gasteiger partial charge < -0.3 is 10.6 Å². The lowest BCUT2D eigenvalue weighted by atomic mass is 9.89. The van der Waals surface area contributed by atoms with E-state index in [2.05, 4.69) is 97.8 Å². The number of benzene rings is 2. The molecule has 1 amide bonds. The minimum Gasteiger partial charge on any atom is -0.380 e. The first-order chi connectivity index (χ1) is 15.9. The highest BCUT2D eigenvalue weighted by molar-refractivity contribution is 5.75. The normalized spacial score (nSPS) is 17.6. The van der Waals surface area contributed by atoms with Gasteiger partial charge >= 0.3 is 0 Å². The Labute approximate surface area is 199 Å². The summed E-state index contributed by atoms with van der Waals surface area (Å²) in [4.78, 5) is 12.1. The summed E-state index contributed by atoms with van der Waals surface area (Å²) in [6.07, 6.45) is 14.8. The molecule has 1 unspecified atom stereocenters. The molecule has 3 nitrogen and oxygen atoms in total. The lowest BCUT2D eigenvalue weighted by Crippen LogP contribution is -2.40. The van der Waals surface area contributed by atoms with E-state index in [9.17, 15) is 4.79 Å². The molecule has 2 aromatic carbocycles. The van der Waals surface area contributed by atoms with Crippen molar-refractivity contribution in [1.29, 1.82) is 0 Å². The zero-order valence-electron chi connectivity index (χ0n) is 19.9. The first-order valence-corrected chi connectivity index (χ1v) is 11.8. The van der Waals surface area contributed by atoms with Crippen molar-refractivity contribution in [3.63, 3.8) is 0 Å². The van der Waals surface area contributed by atoms with Crippen LogP contribution in [0, 0.1) is 6.92 Å². The largest absolute Gasteiger partial charge is 0.380 e. The second kappa shape index (κ2) is 12.1. The van der Waals surface area contributed by atoms with E-state index >= 15 is 0 Å². The number of hydrogen-bond acceptors (Lipinski definition) is 2. The molecule has 0 aliphatic heterocycles. The molecular formula is C30H36N2O. The van der Waals surface area contributed by atoms with Gasteiger partial charge in [0.1, 0.15) is 0 Å². The lowest BCUT2D eigenvalue weighted by molar-refractivity contribution is -0.121. The molecule has 3 rings (SSSR count). The van der Waals surface area contributed by atoms with E-state index < -0.39 is 0 Å². The standard InChI is InChI=1S/C30H36N2O/c1-24-12-14-27(15-13-24)20-23-31-29(33)11-7-8-25(2)32-30(3)21-18-28(19-22-30)17-16-26-9-5-4-6-10-26/h4-6,9-10,12-19,21,32H,2,7-8,11,20,22-23H2,1,3H3,(H,31,33)/b17-16+. The topological polar surface area (TPSA) is 41.1 Å². The average Bonchev–Trinajstić information content (AvgIpc) is 2.80. The summed E-state index contributed by atoms with van der Waals surface area (Å²) in [6, 6.07) is 18.8. The molecule has 2 N–H and O–H groups in total. The Bertz CT molecular complexity index is 1020. The summed E-state index contributed by atoms with van der Waals surface area (Å²) in [5.74, 6) is 0.108. The van der Waals surface area contributed by atoms with Crippen LogP contribution >= 0.6 is 0 Å². The van der Waals surface area contributed by atoms with Gasteiger partial charge in [-0.2, -0.15) is 0 Å². The van der Waals surface area contributed by atoms with Crippen molar-refractivity contribution in [1.82, 2.24) is 10.6 Å². The molecule has 0 saturated carbocycles. The van der Waals surface area contributed by atoms with Gasteiger partial charge in [-0.25, -0.2) is 0 Å². The molecule has 2 aromatic rings. The summed E-state index contributed by atoms with van der Waals surface area (Å²) < 4.78 is 0. The number of carbonyl (C=O) groups excluding carboxylic acids is 1. The fourth-order valence-electron chi connectivity index (χ4n) is 3.84. The molecule has 0 aromatic heterocycles. The van der Waals surface area contributed by atoms with Crippen molar-refractivity contribution in [3.05, 3.63) is 113 Å². The van der Waals surface area contributed by atoms with E-state index in [4.69, 9.17) is 0 Å². The van der Waals surface area contributed by atoms with Gasteiger partial charge in [-0.1, -0.05) is 97.1 Å². The van der Waals surface area contributed by atoms with Crippen molar-refractivity contribution in [2.75, 3.05) is 6.54 Å². The van der Waals surface area contributed by atoms with Crippen LogP contribution in [0.4, 0.5) is 0 Å². The molecular weight excluding hydrogens is 404 g/mol. The van der Waals surface area contributed by atoms with Crippen LogP contribution in [0.5, 0.6) is 0 Å². The Kier molecular flexibility index (Phi) is 8.88.